The number of carbonyl (C=O) groups excluding carboxylic acids is 1. The van der Waals surface area contributed by atoms with Crippen molar-refractivity contribution in [3.8, 4) is 5.75 Å². The van der Waals surface area contributed by atoms with Crippen LogP contribution in [0.3, 0.4) is 0 Å². The lowest BCUT2D eigenvalue weighted by Crippen LogP contribution is -2.28. The first-order valence-electron chi connectivity index (χ1n) is 9.31. The fourth-order valence-corrected chi connectivity index (χ4v) is 2.83. The number of nitro benzene ring substituents is 1. The third-order valence-electron chi connectivity index (χ3n) is 4.30. The van der Waals surface area contributed by atoms with E-state index in [2.05, 4.69) is 24.1 Å². The molecule has 0 aliphatic carbocycles. The average molecular weight is 418 g/mol. The molecular weight excluding hydrogens is 394 g/mol. The van der Waals surface area contributed by atoms with Crippen LogP contribution in [0.1, 0.15) is 19.4 Å². The molecule has 0 saturated heterocycles. The Morgan fingerprint density at radius 2 is 1.97 bits per heavy atom. The number of para-hydroxylation sites is 2. The number of halogens is 1. The van der Waals surface area contributed by atoms with Crippen LogP contribution in [0.15, 0.2) is 48.5 Å². The maximum Gasteiger partial charge on any atom is 0.288 e. The average Bonchev–Trinajstić information content (AvgIpc) is 2.71. The largest absolute Gasteiger partial charge is 0.490 e. The summed E-state index contributed by atoms with van der Waals surface area (Å²) < 4.78 is 5.82. The van der Waals surface area contributed by atoms with Crippen LogP contribution in [0.2, 0.25) is 5.02 Å². The molecule has 0 aromatic heterocycles. The van der Waals surface area contributed by atoms with E-state index in [1.165, 1.54) is 24.3 Å². The molecule has 0 fully saturated rings. The quantitative estimate of drug-likeness (QED) is 0.346. The zero-order chi connectivity index (χ0) is 21.2. The first kappa shape index (κ1) is 22.4. The summed E-state index contributed by atoms with van der Waals surface area (Å²) in [5.74, 6) is 0.214. The monoisotopic (exact) mass is 417 g/mol. The Labute approximate surface area is 175 Å². The van der Waals surface area contributed by atoms with Gasteiger partial charge in [0.05, 0.1) is 10.6 Å². The summed E-state index contributed by atoms with van der Waals surface area (Å²) in [5.41, 5.74) is 0.852. The number of carbonyl (C=O) groups is 1. The van der Waals surface area contributed by atoms with Gasteiger partial charge in [-0.05, 0) is 42.9 Å². The van der Waals surface area contributed by atoms with Crippen LogP contribution in [0.4, 0.5) is 11.4 Å². The Bertz CT molecular complexity index is 882. The normalized spacial score (nSPS) is 11.0. The van der Waals surface area contributed by atoms with Gasteiger partial charge in [0, 0.05) is 18.7 Å². The molecular formula is C21H24ClN3O4. The third kappa shape index (κ3) is 6.89. The van der Waals surface area contributed by atoms with E-state index in [0.29, 0.717) is 23.6 Å². The first-order chi connectivity index (χ1) is 13.9. The summed E-state index contributed by atoms with van der Waals surface area (Å²) >= 11 is 5.80. The number of likely N-dealkylation sites (N-methyl/N-ethyl adjacent to an activating group) is 1. The third-order valence-corrected chi connectivity index (χ3v) is 4.62. The van der Waals surface area contributed by atoms with Crippen LogP contribution < -0.4 is 10.1 Å². The summed E-state index contributed by atoms with van der Waals surface area (Å²) in [5, 5.41) is 13.8. The molecule has 0 radical (unpaired) electrons. The zero-order valence-electron chi connectivity index (χ0n) is 16.4. The van der Waals surface area contributed by atoms with Crippen molar-refractivity contribution < 1.29 is 14.5 Å². The van der Waals surface area contributed by atoms with Crippen molar-refractivity contribution in [1.29, 1.82) is 0 Å². The number of nitrogens with zero attached hydrogens (tertiary/aromatic N) is 2. The van der Waals surface area contributed by atoms with Crippen molar-refractivity contribution in [2.75, 3.05) is 31.6 Å². The molecule has 1 amide bonds. The molecule has 2 aromatic carbocycles. The van der Waals surface area contributed by atoms with Gasteiger partial charge in [0.2, 0.25) is 5.91 Å². The molecule has 29 heavy (non-hydrogen) atoms. The molecule has 2 rings (SSSR count). The summed E-state index contributed by atoms with van der Waals surface area (Å²) in [7, 11) is 0. The molecule has 0 aliphatic rings. The van der Waals surface area contributed by atoms with E-state index in [-0.39, 0.29) is 16.6 Å². The first-order valence-corrected chi connectivity index (χ1v) is 9.69. The zero-order valence-corrected chi connectivity index (χ0v) is 17.2. The molecule has 0 aliphatic heterocycles. The van der Waals surface area contributed by atoms with Crippen molar-refractivity contribution in [2.45, 2.75) is 13.8 Å². The van der Waals surface area contributed by atoms with E-state index in [9.17, 15) is 14.9 Å². The standard InChI is InChI=1S/C21H24ClN3O4/c1-3-24(4-2)13-14-29-20-8-6-5-7-18(20)23-21(26)12-10-16-9-11-17(22)19(15-16)25(27)28/h5-12,15H,3-4,13-14H2,1-2H3,(H,23,26)/b12-10+. The van der Waals surface area contributed by atoms with Crippen molar-refractivity contribution in [1.82, 2.24) is 4.90 Å². The van der Waals surface area contributed by atoms with Crippen molar-refractivity contribution >= 4 is 35.0 Å². The number of rotatable bonds is 10. The molecule has 2 aromatic rings. The Morgan fingerprint density at radius 1 is 1.24 bits per heavy atom. The molecule has 0 saturated carbocycles. The number of nitro groups is 1. The number of ether oxygens (including phenoxy) is 1. The summed E-state index contributed by atoms with van der Waals surface area (Å²) in [6.45, 7) is 7.40. The van der Waals surface area contributed by atoms with Crippen LogP contribution >= 0.6 is 11.6 Å². The molecule has 0 atom stereocenters. The van der Waals surface area contributed by atoms with Gasteiger partial charge in [-0.1, -0.05) is 43.6 Å². The summed E-state index contributed by atoms with van der Waals surface area (Å²) in [4.78, 5) is 24.9. The van der Waals surface area contributed by atoms with E-state index in [1.807, 2.05) is 6.07 Å². The lowest BCUT2D eigenvalue weighted by Gasteiger charge is -2.19. The molecule has 1 N–H and O–H groups in total. The summed E-state index contributed by atoms with van der Waals surface area (Å²) in [6, 6.07) is 11.5. The van der Waals surface area contributed by atoms with Gasteiger partial charge in [-0.25, -0.2) is 0 Å². The van der Waals surface area contributed by atoms with Crippen LogP contribution in [0.5, 0.6) is 5.75 Å². The minimum Gasteiger partial charge on any atom is -0.490 e. The van der Waals surface area contributed by atoms with Gasteiger partial charge in [0.25, 0.3) is 5.69 Å². The highest BCUT2D eigenvalue weighted by Gasteiger charge is 2.12. The topological polar surface area (TPSA) is 84.7 Å². The van der Waals surface area contributed by atoms with E-state index in [4.69, 9.17) is 16.3 Å². The van der Waals surface area contributed by atoms with Crippen molar-refractivity contribution in [2.24, 2.45) is 0 Å². The highest BCUT2D eigenvalue weighted by atomic mass is 35.5. The summed E-state index contributed by atoms with van der Waals surface area (Å²) in [6.07, 6.45) is 2.79. The molecule has 8 heteroatoms. The molecule has 0 heterocycles. The molecule has 7 nitrogen and oxygen atoms in total. The predicted octanol–water partition coefficient (Wildman–Crippen LogP) is 4.62. The minimum atomic E-state index is -0.564. The Balaban J connectivity index is 2.01. The smallest absolute Gasteiger partial charge is 0.288 e. The van der Waals surface area contributed by atoms with Crippen molar-refractivity contribution in [3.63, 3.8) is 0 Å². The van der Waals surface area contributed by atoms with E-state index < -0.39 is 4.92 Å². The van der Waals surface area contributed by atoms with Gasteiger partial charge >= 0.3 is 0 Å². The predicted molar refractivity (Wildman–Crippen MR) is 115 cm³/mol. The van der Waals surface area contributed by atoms with Gasteiger partial charge in [0.15, 0.2) is 0 Å². The highest BCUT2D eigenvalue weighted by Crippen LogP contribution is 2.26. The van der Waals surface area contributed by atoms with E-state index in [0.717, 1.165) is 19.6 Å². The number of hydrogen-bond donors (Lipinski definition) is 1. The lowest BCUT2D eigenvalue weighted by molar-refractivity contribution is -0.384. The Kier molecular flexibility index (Phi) is 8.64. The van der Waals surface area contributed by atoms with E-state index in [1.54, 1.807) is 24.3 Å². The number of nitrogens with one attached hydrogen (secondary N) is 1. The Hall–Kier alpha value is -2.90. The van der Waals surface area contributed by atoms with Gasteiger partial charge in [0.1, 0.15) is 17.4 Å². The van der Waals surface area contributed by atoms with Crippen LogP contribution in [-0.4, -0.2) is 42.0 Å². The minimum absolute atomic E-state index is 0.0485. The number of benzene rings is 2. The lowest BCUT2D eigenvalue weighted by atomic mass is 10.2. The fraction of sp³-hybridized carbons (Fsp3) is 0.286. The van der Waals surface area contributed by atoms with Crippen molar-refractivity contribution in [3.05, 3.63) is 69.2 Å². The van der Waals surface area contributed by atoms with Gasteiger partial charge in [-0.2, -0.15) is 0 Å². The molecule has 154 valence electrons. The number of hydrogen-bond acceptors (Lipinski definition) is 5. The fourth-order valence-electron chi connectivity index (χ4n) is 2.64. The van der Waals surface area contributed by atoms with Crippen LogP contribution in [0.25, 0.3) is 6.08 Å². The SMILES string of the molecule is CCN(CC)CCOc1ccccc1NC(=O)/C=C/c1ccc(Cl)c([N+](=O)[O-])c1. The second-order valence-corrected chi connectivity index (χ2v) is 6.57. The second kappa shape index (κ2) is 11.2. The number of anilines is 1. The maximum absolute atomic E-state index is 12.3. The molecule has 0 bridgehead atoms. The number of amides is 1. The molecule has 0 unspecified atom stereocenters. The second-order valence-electron chi connectivity index (χ2n) is 6.16. The van der Waals surface area contributed by atoms with E-state index >= 15 is 0 Å². The Morgan fingerprint density at radius 3 is 2.66 bits per heavy atom. The van der Waals surface area contributed by atoms with Gasteiger partial charge in [-0.15, -0.1) is 0 Å². The highest BCUT2D eigenvalue weighted by molar-refractivity contribution is 6.32. The van der Waals surface area contributed by atoms with Crippen LogP contribution in [0, 0.1) is 10.1 Å². The van der Waals surface area contributed by atoms with Crippen LogP contribution in [-0.2, 0) is 4.79 Å². The molecule has 0 spiro atoms. The van der Waals surface area contributed by atoms with Gasteiger partial charge in [-0.3, -0.25) is 14.9 Å². The maximum atomic E-state index is 12.3. The van der Waals surface area contributed by atoms with Gasteiger partial charge < -0.3 is 15.0 Å².